The summed E-state index contributed by atoms with van der Waals surface area (Å²) in [4.78, 5) is 21.5. The first kappa shape index (κ1) is 20.7. The van der Waals surface area contributed by atoms with Gasteiger partial charge in [-0.25, -0.2) is 0 Å². The minimum Gasteiger partial charge on any atom is -0.388 e. The first-order chi connectivity index (χ1) is 11.6. The van der Waals surface area contributed by atoms with E-state index in [9.17, 15) is 18.4 Å². The third-order valence-corrected chi connectivity index (χ3v) is 4.92. The zero-order valence-electron chi connectivity index (χ0n) is 13.3. The van der Waals surface area contributed by atoms with Crippen LogP contribution in [0, 0.1) is 0 Å². The summed E-state index contributed by atoms with van der Waals surface area (Å²) in [5.41, 5.74) is 0.796. The van der Waals surface area contributed by atoms with Gasteiger partial charge in [0.05, 0.1) is 0 Å². The molecule has 5 N–H and O–H groups in total. The van der Waals surface area contributed by atoms with E-state index in [4.69, 9.17) is 13.3 Å². The van der Waals surface area contributed by atoms with Gasteiger partial charge in [0.15, 0.2) is 5.78 Å². The molecule has 0 saturated heterocycles. The summed E-state index contributed by atoms with van der Waals surface area (Å²) < 4.78 is 28.4. The van der Waals surface area contributed by atoms with Crippen LogP contribution in [-0.2, 0) is 8.53 Å². The van der Waals surface area contributed by atoms with E-state index in [-0.39, 0.29) is 17.4 Å². The van der Waals surface area contributed by atoms with Gasteiger partial charge in [0.2, 0.25) is 0 Å². The van der Waals surface area contributed by atoms with Crippen LogP contribution in [0.2, 0.25) is 0 Å². The molecule has 0 aromatic heterocycles. The molecule has 8 nitrogen and oxygen atoms in total. The number of Topliss-reactive ketones (excluding diaryl/α,β-unsaturated/α-hetero) is 1. The summed E-state index contributed by atoms with van der Waals surface area (Å²) in [6.45, 7) is 0.860. The van der Waals surface area contributed by atoms with Crippen LogP contribution in [0.5, 0.6) is 5.75 Å². The van der Waals surface area contributed by atoms with E-state index in [1.165, 1.54) is 13.0 Å². The fraction of sp³-hybridized carbons (Fsp3) is 0.125. The van der Waals surface area contributed by atoms with Crippen molar-refractivity contribution >= 4 is 35.9 Å². The zero-order valence-corrected chi connectivity index (χ0v) is 15.2. The number of carbonyl (C=O) groups excluding carboxylic acids is 2. The number of hydrogen-bond acceptors (Lipinski definition) is 5. The molecule has 0 aliphatic heterocycles. The van der Waals surface area contributed by atoms with Gasteiger partial charge in [-0.2, -0.15) is 0 Å². The standard InChI is InChI=1S/C8H10AsNO5.C8H8O2/c1-5(11)10-6-2-3-8(12)7(4-6)9(13,14)15;9-6-8(10)7-4-2-1-3-5-7/h2-4,12H,1H3,(H,10,11)(H2,13,14,15);1-5,9H,6H2. The summed E-state index contributed by atoms with van der Waals surface area (Å²) in [5, 5.41) is 20.0. The fourth-order valence-electron chi connectivity index (χ4n) is 1.75. The number of phenols is 1. The molecule has 2 aromatic rings. The van der Waals surface area contributed by atoms with E-state index < -0.39 is 30.9 Å². The normalized spacial score (nSPS) is 10.4. The molecular formula is C16H18AsNO7. The van der Waals surface area contributed by atoms with Crippen molar-refractivity contribution in [1.82, 2.24) is 0 Å². The number of benzene rings is 2. The van der Waals surface area contributed by atoms with Crippen LogP contribution in [0.25, 0.3) is 0 Å². The van der Waals surface area contributed by atoms with Gasteiger partial charge in [-0.3, -0.25) is 4.79 Å². The van der Waals surface area contributed by atoms with Gasteiger partial charge in [-0.15, -0.1) is 0 Å². The number of rotatable bonds is 4. The number of aliphatic hydroxyl groups excluding tert-OH is 1. The Morgan fingerprint density at radius 2 is 1.68 bits per heavy atom. The van der Waals surface area contributed by atoms with E-state index in [1.807, 2.05) is 6.07 Å². The van der Waals surface area contributed by atoms with Crippen molar-refractivity contribution in [3.63, 3.8) is 0 Å². The summed E-state index contributed by atoms with van der Waals surface area (Å²) in [5.74, 6) is -1.07. The largest absolute Gasteiger partial charge is 0.388 e. The SMILES string of the molecule is CC(=O)Nc1ccc(O)c([As](=O)(O)O)c1.O=C(CO)c1ccccc1. The van der Waals surface area contributed by atoms with Crippen molar-refractivity contribution < 1.29 is 31.7 Å². The van der Waals surface area contributed by atoms with E-state index in [0.717, 1.165) is 12.1 Å². The van der Waals surface area contributed by atoms with Crippen molar-refractivity contribution in [1.29, 1.82) is 0 Å². The van der Waals surface area contributed by atoms with Crippen LogP contribution in [0.15, 0.2) is 48.5 Å². The first-order valence-electron chi connectivity index (χ1n) is 7.01. The van der Waals surface area contributed by atoms with E-state index in [2.05, 4.69) is 5.32 Å². The summed E-state index contributed by atoms with van der Waals surface area (Å²) in [7, 11) is 0. The Morgan fingerprint density at radius 3 is 2.16 bits per heavy atom. The average Bonchev–Trinajstić information content (AvgIpc) is 2.56. The predicted molar refractivity (Wildman–Crippen MR) is 90.8 cm³/mol. The molecule has 25 heavy (non-hydrogen) atoms. The molecule has 0 aliphatic rings. The Hall–Kier alpha value is -2.38. The van der Waals surface area contributed by atoms with E-state index >= 15 is 0 Å². The molecule has 0 bridgehead atoms. The molecule has 0 aliphatic carbocycles. The van der Waals surface area contributed by atoms with Crippen molar-refractivity contribution in [2.45, 2.75) is 6.92 Å². The van der Waals surface area contributed by atoms with Crippen LogP contribution in [0.3, 0.4) is 0 Å². The van der Waals surface area contributed by atoms with Gasteiger partial charge in [0.25, 0.3) is 0 Å². The molecule has 0 fully saturated rings. The molecule has 0 radical (unpaired) electrons. The smallest absolute Gasteiger partial charge is 0.188 e. The van der Waals surface area contributed by atoms with Gasteiger partial charge in [-0.1, -0.05) is 30.3 Å². The first-order valence-corrected chi connectivity index (χ1v) is 10.4. The van der Waals surface area contributed by atoms with Crippen molar-refractivity contribution in [2.24, 2.45) is 0 Å². The third-order valence-electron chi connectivity index (χ3n) is 2.85. The number of hydrogen-bond donors (Lipinski definition) is 5. The van der Waals surface area contributed by atoms with Crippen molar-refractivity contribution in [2.75, 3.05) is 11.9 Å². The number of ketones is 1. The summed E-state index contributed by atoms with van der Waals surface area (Å²) >= 11 is -5.15. The average molecular weight is 411 g/mol. The molecule has 1 amide bonds. The van der Waals surface area contributed by atoms with Crippen LogP contribution in [-0.4, -0.2) is 50.9 Å². The Kier molecular flexibility index (Phi) is 7.60. The Labute approximate surface area is 146 Å². The zero-order chi connectivity index (χ0) is 19.0. The summed E-state index contributed by atoms with van der Waals surface area (Å²) in [6, 6.07) is 12.3. The van der Waals surface area contributed by atoms with Gasteiger partial charge in [-0.05, 0) is 0 Å². The molecule has 0 atom stereocenters. The molecule has 9 heteroatoms. The van der Waals surface area contributed by atoms with Crippen LogP contribution < -0.4 is 9.67 Å². The van der Waals surface area contributed by atoms with Gasteiger partial charge in [0.1, 0.15) is 6.61 Å². The van der Waals surface area contributed by atoms with Crippen LogP contribution in [0.4, 0.5) is 5.69 Å². The topological polar surface area (TPSA) is 144 Å². The van der Waals surface area contributed by atoms with Crippen LogP contribution >= 0.6 is 0 Å². The minimum atomic E-state index is -5.15. The molecule has 0 heterocycles. The molecule has 2 rings (SSSR count). The third kappa shape index (κ3) is 6.94. The second-order valence-electron chi connectivity index (χ2n) is 4.88. The number of aliphatic hydroxyl groups is 1. The Bertz CT molecular complexity index is 786. The monoisotopic (exact) mass is 411 g/mol. The maximum Gasteiger partial charge on any atom is 0.188 e. The second kappa shape index (κ2) is 9.19. The second-order valence-corrected chi connectivity index (χ2v) is 8.17. The number of anilines is 1. The maximum absolute atomic E-state index is 11.0. The van der Waals surface area contributed by atoms with Gasteiger partial charge >= 0.3 is 88.1 Å². The number of nitrogens with one attached hydrogen (secondary N) is 1. The number of aromatic hydroxyl groups is 1. The summed E-state index contributed by atoms with van der Waals surface area (Å²) in [6.07, 6.45) is 0. The van der Waals surface area contributed by atoms with Gasteiger partial charge in [0, 0.05) is 5.56 Å². The predicted octanol–water partition coefficient (Wildman–Crippen LogP) is -0.227. The molecule has 0 unspecified atom stereocenters. The van der Waals surface area contributed by atoms with Crippen molar-refractivity contribution in [3.8, 4) is 5.75 Å². The molecule has 0 spiro atoms. The van der Waals surface area contributed by atoms with E-state index in [0.29, 0.717) is 5.56 Å². The van der Waals surface area contributed by atoms with Crippen LogP contribution in [0.1, 0.15) is 17.3 Å². The van der Waals surface area contributed by atoms with Gasteiger partial charge < -0.3 is 5.11 Å². The Morgan fingerprint density at radius 1 is 1.08 bits per heavy atom. The number of phenolic OH excluding ortho intramolecular Hbond substituents is 1. The quantitative estimate of drug-likeness (QED) is 0.266. The number of amides is 1. The van der Waals surface area contributed by atoms with Crippen molar-refractivity contribution in [3.05, 3.63) is 54.1 Å². The Balaban J connectivity index is 0.000000271. The molecule has 0 saturated carbocycles. The minimum absolute atomic E-state index is 0.236. The molecule has 134 valence electrons. The maximum atomic E-state index is 11.0. The molecule has 2 aromatic carbocycles. The fourth-order valence-corrected chi connectivity index (χ4v) is 3.18. The number of carbonyl (C=O) groups is 2. The molecular weight excluding hydrogens is 393 g/mol. The van der Waals surface area contributed by atoms with E-state index in [1.54, 1.807) is 24.3 Å².